The Labute approximate surface area is 313 Å². The van der Waals surface area contributed by atoms with E-state index in [4.69, 9.17) is 9.47 Å². The molecule has 1 rings (SSSR count). The fraction of sp³-hybridized carbons (Fsp3) is 0.976. The number of rotatable bonds is 36. The van der Waals surface area contributed by atoms with Gasteiger partial charge in [-0.05, 0) is 12.8 Å². The molecule has 0 aliphatic carbocycles. The van der Waals surface area contributed by atoms with Gasteiger partial charge >= 0.3 is 0 Å². The predicted octanol–water partition coefficient (Wildman–Crippen LogP) is 8.39. The number of hydrogen-bond acceptors (Lipinski definition) is 8. The first kappa shape index (κ1) is 48.2. The van der Waals surface area contributed by atoms with Gasteiger partial charge in [0.15, 0.2) is 6.29 Å². The lowest BCUT2D eigenvalue weighted by Crippen LogP contribution is -2.60. The number of ether oxygens (including phenoxy) is 2. The standard InChI is InChI=1S/C42H83NO8/c1-3-5-7-9-11-12-13-14-15-16-17-18-19-20-21-22-23-24-25-26-27-29-31-36(45)35(43-38(46)32-30-28-10-8-6-4-2)34-50-42-41(49)40(48)39(47)37(33-44)51-42/h35-37,39-42,44-45,47-49H,3-34H2,1-2H3,(H,43,46). The molecular weight excluding hydrogens is 646 g/mol. The van der Waals surface area contributed by atoms with Gasteiger partial charge in [0.05, 0.1) is 25.4 Å². The summed E-state index contributed by atoms with van der Waals surface area (Å²) in [5.74, 6) is -0.152. The number of carbonyl (C=O) groups excluding carboxylic acids is 1. The summed E-state index contributed by atoms with van der Waals surface area (Å²) >= 11 is 0. The van der Waals surface area contributed by atoms with Gasteiger partial charge in [-0.15, -0.1) is 0 Å². The van der Waals surface area contributed by atoms with E-state index < -0.39 is 49.5 Å². The van der Waals surface area contributed by atoms with Crippen LogP contribution in [0.5, 0.6) is 0 Å². The van der Waals surface area contributed by atoms with Gasteiger partial charge in [-0.2, -0.15) is 0 Å². The van der Waals surface area contributed by atoms with Gasteiger partial charge in [-0.1, -0.05) is 187 Å². The fourth-order valence-electron chi connectivity index (χ4n) is 7.16. The van der Waals surface area contributed by atoms with Crippen molar-refractivity contribution in [3.8, 4) is 0 Å². The molecule has 0 aromatic rings. The van der Waals surface area contributed by atoms with E-state index in [0.717, 1.165) is 38.5 Å². The largest absolute Gasteiger partial charge is 0.394 e. The van der Waals surface area contributed by atoms with Crippen molar-refractivity contribution in [2.24, 2.45) is 0 Å². The second kappa shape index (κ2) is 33.7. The number of carbonyl (C=O) groups is 1. The van der Waals surface area contributed by atoms with Crippen LogP contribution < -0.4 is 5.32 Å². The van der Waals surface area contributed by atoms with Crippen LogP contribution in [-0.2, 0) is 14.3 Å². The van der Waals surface area contributed by atoms with Crippen molar-refractivity contribution in [2.75, 3.05) is 13.2 Å². The lowest BCUT2D eigenvalue weighted by Gasteiger charge is -2.40. The fourth-order valence-corrected chi connectivity index (χ4v) is 7.16. The maximum atomic E-state index is 12.8. The second-order valence-corrected chi connectivity index (χ2v) is 15.5. The van der Waals surface area contributed by atoms with Gasteiger partial charge in [0.1, 0.15) is 24.4 Å². The monoisotopic (exact) mass is 730 g/mol. The second-order valence-electron chi connectivity index (χ2n) is 15.5. The topological polar surface area (TPSA) is 149 Å². The van der Waals surface area contributed by atoms with Gasteiger partial charge in [-0.3, -0.25) is 4.79 Å². The highest BCUT2D eigenvalue weighted by atomic mass is 16.7. The van der Waals surface area contributed by atoms with Crippen molar-refractivity contribution < 1.29 is 39.8 Å². The van der Waals surface area contributed by atoms with E-state index in [9.17, 15) is 30.3 Å². The van der Waals surface area contributed by atoms with E-state index in [1.807, 2.05) is 0 Å². The Morgan fingerprint density at radius 1 is 0.588 bits per heavy atom. The van der Waals surface area contributed by atoms with E-state index in [2.05, 4.69) is 19.2 Å². The van der Waals surface area contributed by atoms with E-state index >= 15 is 0 Å². The zero-order valence-corrected chi connectivity index (χ0v) is 33.1. The Balaban J connectivity index is 2.20. The molecule has 6 N–H and O–H groups in total. The number of aliphatic hydroxyl groups is 5. The third kappa shape index (κ3) is 25.0. The van der Waals surface area contributed by atoms with Crippen LogP contribution in [0.2, 0.25) is 0 Å². The quantitative estimate of drug-likeness (QED) is 0.0353. The van der Waals surface area contributed by atoms with Crippen molar-refractivity contribution in [3.05, 3.63) is 0 Å². The van der Waals surface area contributed by atoms with Gasteiger partial charge in [0, 0.05) is 6.42 Å². The average Bonchev–Trinajstić information content (AvgIpc) is 3.13. The molecule has 9 heteroatoms. The molecule has 51 heavy (non-hydrogen) atoms. The lowest BCUT2D eigenvalue weighted by atomic mass is 9.99. The molecule has 1 heterocycles. The molecule has 0 aromatic heterocycles. The van der Waals surface area contributed by atoms with Crippen LogP contribution in [0.3, 0.4) is 0 Å². The minimum atomic E-state index is -1.55. The van der Waals surface area contributed by atoms with Crippen LogP contribution in [0.4, 0.5) is 0 Å². The van der Waals surface area contributed by atoms with Gasteiger partial charge in [0.25, 0.3) is 0 Å². The Hall–Kier alpha value is -0.810. The Morgan fingerprint density at radius 3 is 1.39 bits per heavy atom. The van der Waals surface area contributed by atoms with Crippen LogP contribution >= 0.6 is 0 Å². The zero-order chi connectivity index (χ0) is 37.4. The third-order valence-electron chi connectivity index (χ3n) is 10.7. The van der Waals surface area contributed by atoms with Crippen LogP contribution in [0, 0.1) is 0 Å². The molecule has 1 saturated heterocycles. The Morgan fingerprint density at radius 2 is 0.980 bits per heavy atom. The number of amides is 1. The highest BCUT2D eigenvalue weighted by Gasteiger charge is 2.44. The van der Waals surface area contributed by atoms with Crippen LogP contribution in [0.1, 0.15) is 206 Å². The molecule has 0 aromatic carbocycles. The van der Waals surface area contributed by atoms with E-state index in [0.29, 0.717) is 12.8 Å². The molecule has 1 amide bonds. The van der Waals surface area contributed by atoms with Crippen molar-refractivity contribution >= 4 is 5.91 Å². The maximum absolute atomic E-state index is 12.8. The molecule has 304 valence electrons. The molecule has 0 radical (unpaired) electrons. The highest BCUT2D eigenvalue weighted by Crippen LogP contribution is 2.23. The number of aliphatic hydroxyl groups excluding tert-OH is 5. The van der Waals surface area contributed by atoms with Gasteiger partial charge in [-0.25, -0.2) is 0 Å². The van der Waals surface area contributed by atoms with Crippen LogP contribution in [0.25, 0.3) is 0 Å². The Bertz CT molecular complexity index is 771. The molecule has 1 aliphatic heterocycles. The number of hydrogen-bond donors (Lipinski definition) is 6. The summed E-state index contributed by atoms with van der Waals surface area (Å²) in [5, 5.41) is 54.0. The third-order valence-corrected chi connectivity index (χ3v) is 10.7. The first-order chi connectivity index (χ1) is 24.8. The molecule has 0 bridgehead atoms. The summed E-state index contributed by atoms with van der Waals surface area (Å²) in [4.78, 5) is 12.8. The highest BCUT2D eigenvalue weighted by molar-refractivity contribution is 5.76. The Kier molecular flexibility index (Phi) is 31.9. The number of nitrogens with one attached hydrogen (secondary N) is 1. The summed E-state index contributed by atoms with van der Waals surface area (Å²) in [5.41, 5.74) is 0. The van der Waals surface area contributed by atoms with Gasteiger partial charge < -0.3 is 40.3 Å². The van der Waals surface area contributed by atoms with E-state index in [1.165, 1.54) is 141 Å². The molecule has 1 aliphatic rings. The summed E-state index contributed by atoms with van der Waals surface area (Å²) in [6.45, 7) is 3.77. The SMILES string of the molecule is CCCCCCCCCCCCCCCCCCCCCCCCC(O)C(COC1OC(CO)C(O)C(O)C1O)NC(=O)CCCCCCCC. The number of unbranched alkanes of at least 4 members (excludes halogenated alkanes) is 26. The molecule has 7 unspecified atom stereocenters. The zero-order valence-electron chi connectivity index (χ0n) is 33.1. The van der Waals surface area contributed by atoms with Crippen LogP contribution in [0.15, 0.2) is 0 Å². The average molecular weight is 730 g/mol. The molecule has 9 nitrogen and oxygen atoms in total. The van der Waals surface area contributed by atoms with Crippen LogP contribution in [-0.4, -0.2) is 87.5 Å². The van der Waals surface area contributed by atoms with E-state index in [1.54, 1.807) is 0 Å². The van der Waals surface area contributed by atoms with Crippen molar-refractivity contribution in [1.82, 2.24) is 5.32 Å². The minimum absolute atomic E-state index is 0.134. The normalized spacial score (nSPS) is 21.9. The summed E-state index contributed by atoms with van der Waals surface area (Å²) in [7, 11) is 0. The smallest absolute Gasteiger partial charge is 0.220 e. The van der Waals surface area contributed by atoms with Crippen molar-refractivity contribution in [2.45, 2.75) is 249 Å². The van der Waals surface area contributed by atoms with E-state index in [-0.39, 0.29) is 12.5 Å². The summed E-state index contributed by atoms with van der Waals surface area (Å²) in [6.07, 6.45) is 28.6. The maximum Gasteiger partial charge on any atom is 0.220 e. The molecular formula is C42H83NO8. The predicted molar refractivity (Wildman–Crippen MR) is 208 cm³/mol. The summed E-state index contributed by atoms with van der Waals surface area (Å²) < 4.78 is 11.2. The first-order valence-electron chi connectivity index (χ1n) is 21.7. The van der Waals surface area contributed by atoms with Crippen molar-refractivity contribution in [3.63, 3.8) is 0 Å². The molecule has 7 atom stereocenters. The molecule has 1 fully saturated rings. The lowest BCUT2D eigenvalue weighted by molar-refractivity contribution is -0.302. The molecule has 0 spiro atoms. The summed E-state index contributed by atoms with van der Waals surface area (Å²) in [6, 6.07) is -0.708. The first-order valence-corrected chi connectivity index (χ1v) is 21.7. The van der Waals surface area contributed by atoms with Gasteiger partial charge in [0.2, 0.25) is 5.91 Å². The molecule has 0 saturated carbocycles. The van der Waals surface area contributed by atoms with Crippen molar-refractivity contribution in [1.29, 1.82) is 0 Å². The minimum Gasteiger partial charge on any atom is -0.394 e.